The van der Waals surface area contributed by atoms with Gasteiger partial charge in [0.15, 0.2) is 0 Å². The average molecular weight is 270 g/mol. The van der Waals surface area contributed by atoms with E-state index in [-0.39, 0.29) is 12.6 Å². The third-order valence-electron chi connectivity index (χ3n) is 2.48. The zero-order chi connectivity index (χ0) is 13.5. The summed E-state index contributed by atoms with van der Waals surface area (Å²) in [5.41, 5.74) is 0. The Morgan fingerprint density at radius 1 is 1.33 bits per heavy atom. The number of carboxylic acids is 1. The van der Waals surface area contributed by atoms with Crippen LogP contribution in [-0.2, 0) is 17.8 Å². The lowest BCUT2D eigenvalue weighted by molar-refractivity contribution is -0.140. The van der Waals surface area contributed by atoms with Gasteiger partial charge in [-0.15, -0.1) is 11.3 Å². The Morgan fingerprint density at radius 3 is 2.56 bits per heavy atom. The predicted molar refractivity (Wildman–Crippen MR) is 70.7 cm³/mol. The summed E-state index contributed by atoms with van der Waals surface area (Å²) in [6, 6.07) is 3.70. The molecule has 1 atom stereocenters. The fourth-order valence-electron chi connectivity index (χ4n) is 1.27. The molecule has 0 spiro atoms. The van der Waals surface area contributed by atoms with Crippen LogP contribution in [-0.4, -0.2) is 23.7 Å². The minimum Gasteiger partial charge on any atom is -0.481 e. The summed E-state index contributed by atoms with van der Waals surface area (Å²) in [6.45, 7) is 4.24. The molecule has 1 aromatic heterocycles. The summed E-state index contributed by atoms with van der Waals surface area (Å²) < 4.78 is 0. The number of urea groups is 1. The van der Waals surface area contributed by atoms with Crippen molar-refractivity contribution in [1.29, 1.82) is 0 Å². The van der Waals surface area contributed by atoms with Crippen molar-refractivity contribution in [2.45, 2.75) is 26.8 Å². The molecule has 0 radical (unpaired) electrons. The first-order valence-electron chi connectivity index (χ1n) is 5.85. The van der Waals surface area contributed by atoms with Gasteiger partial charge in [0.05, 0.1) is 12.5 Å². The summed E-state index contributed by atoms with van der Waals surface area (Å²) in [5.74, 6) is -1.50. The van der Waals surface area contributed by atoms with Gasteiger partial charge in [-0.1, -0.05) is 13.8 Å². The monoisotopic (exact) mass is 270 g/mol. The van der Waals surface area contributed by atoms with E-state index >= 15 is 0 Å². The molecule has 0 aliphatic heterocycles. The molecular formula is C12H18N2O3S. The van der Waals surface area contributed by atoms with Crippen LogP contribution >= 0.6 is 11.3 Å². The molecule has 1 aromatic rings. The van der Waals surface area contributed by atoms with Gasteiger partial charge < -0.3 is 15.7 Å². The van der Waals surface area contributed by atoms with Crippen LogP contribution < -0.4 is 10.6 Å². The molecule has 1 unspecified atom stereocenters. The summed E-state index contributed by atoms with van der Waals surface area (Å²) >= 11 is 1.67. The number of aliphatic carboxylic acids is 1. The van der Waals surface area contributed by atoms with E-state index in [1.54, 1.807) is 18.3 Å². The van der Waals surface area contributed by atoms with E-state index in [1.165, 1.54) is 4.88 Å². The van der Waals surface area contributed by atoms with Crippen LogP contribution in [0.1, 0.15) is 23.6 Å². The third-order valence-corrected chi connectivity index (χ3v) is 3.71. The smallest absolute Gasteiger partial charge is 0.315 e. The van der Waals surface area contributed by atoms with Crippen molar-refractivity contribution in [3.8, 4) is 0 Å². The number of hydrogen-bond donors (Lipinski definition) is 3. The van der Waals surface area contributed by atoms with Crippen LogP contribution in [0, 0.1) is 5.92 Å². The van der Waals surface area contributed by atoms with E-state index < -0.39 is 11.9 Å². The van der Waals surface area contributed by atoms with E-state index in [0.717, 1.165) is 11.3 Å². The minimum absolute atomic E-state index is 0.131. The Bertz CT molecular complexity index is 417. The molecule has 0 saturated heterocycles. The molecule has 5 nitrogen and oxygen atoms in total. The van der Waals surface area contributed by atoms with Crippen LogP contribution in [0.5, 0.6) is 0 Å². The maximum atomic E-state index is 11.4. The highest BCUT2D eigenvalue weighted by Gasteiger charge is 2.11. The summed E-state index contributed by atoms with van der Waals surface area (Å²) in [4.78, 5) is 24.3. The van der Waals surface area contributed by atoms with E-state index in [4.69, 9.17) is 5.11 Å². The molecule has 0 aliphatic carbocycles. The second-order valence-corrected chi connectivity index (χ2v) is 5.28. The number of nitrogens with one attached hydrogen (secondary N) is 2. The van der Waals surface area contributed by atoms with Crippen molar-refractivity contribution in [3.63, 3.8) is 0 Å². The van der Waals surface area contributed by atoms with Gasteiger partial charge in [0, 0.05) is 16.3 Å². The SMILES string of the molecule is CCc1ccc(CNC(=O)NCC(C)C(=O)O)s1. The van der Waals surface area contributed by atoms with Crippen LogP contribution in [0.25, 0.3) is 0 Å². The standard InChI is InChI=1S/C12H18N2O3S/c1-3-9-4-5-10(18-9)7-14-12(17)13-6-8(2)11(15)16/h4-5,8H,3,6-7H2,1-2H3,(H,15,16)(H2,13,14,17). The first kappa shape index (κ1) is 14.5. The molecule has 1 heterocycles. The maximum absolute atomic E-state index is 11.4. The highest BCUT2D eigenvalue weighted by atomic mass is 32.1. The van der Waals surface area contributed by atoms with Crippen molar-refractivity contribution >= 4 is 23.3 Å². The van der Waals surface area contributed by atoms with E-state index in [0.29, 0.717) is 6.54 Å². The van der Waals surface area contributed by atoms with Crippen LogP contribution in [0.3, 0.4) is 0 Å². The summed E-state index contributed by atoms with van der Waals surface area (Å²) in [5, 5.41) is 13.9. The molecule has 3 N–H and O–H groups in total. The largest absolute Gasteiger partial charge is 0.481 e. The van der Waals surface area contributed by atoms with Crippen LogP contribution in [0.4, 0.5) is 4.79 Å². The Hall–Kier alpha value is -1.56. The van der Waals surface area contributed by atoms with Gasteiger partial charge in [-0.3, -0.25) is 4.79 Å². The fourth-order valence-corrected chi connectivity index (χ4v) is 2.17. The highest BCUT2D eigenvalue weighted by molar-refractivity contribution is 7.11. The summed E-state index contributed by atoms with van der Waals surface area (Å²) in [6.07, 6.45) is 0.993. The lowest BCUT2D eigenvalue weighted by atomic mass is 10.2. The van der Waals surface area contributed by atoms with Gasteiger partial charge in [0.25, 0.3) is 0 Å². The number of carboxylic acid groups (broad SMARTS) is 1. The van der Waals surface area contributed by atoms with Crippen molar-refractivity contribution in [1.82, 2.24) is 10.6 Å². The third kappa shape index (κ3) is 4.75. The average Bonchev–Trinajstić information content (AvgIpc) is 2.81. The molecule has 0 saturated carbocycles. The van der Waals surface area contributed by atoms with Crippen molar-refractivity contribution in [2.75, 3.05) is 6.54 Å². The van der Waals surface area contributed by atoms with Gasteiger partial charge in [-0.25, -0.2) is 4.79 Å². The molecule has 6 heteroatoms. The molecule has 18 heavy (non-hydrogen) atoms. The van der Waals surface area contributed by atoms with Crippen molar-refractivity contribution in [2.24, 2.45) is 5.92 Å². The highest BCUT2D eigenvalue weighted by Crippen LogP contribution is 2.16. The topological polar surface area (TPSA) is 78.4 Å². The number of carbonyl (C=O) groups excluding carboxylic acids is 1. The van der Waals surface area contributed by atoms with E-state index in [2.05, 4.69) is 17.6 Å². The molecule has 100 valence electrons. The summed E-state index contributed by atoms with van der Waals surface area (Å²) in [7, 11) is 0. The lowest BCUT2D eigenvalue weighted by Crippen LogP contribution is -2.38. The molecule has 0 aliphatic rings. The molecular weight excluding hydrogens is 252 g/mol. The molecule has 0 fully saturated rings. The minimum atomic E-state index is -0.916. The van der Waals surface area contributed by atoms with Gasteiger partial charge in [-0.2, -0.15) is 0 Å². The number of rotatable bonds is 6. The van der Waals surface area contributed by atoms with Gasteiger partial charge in [0.1, 0.15) is 0 Å². The van der Waals surface area contributed by atoms with Gasteiger partial charge in [0.2, 0.25) is 0 Å². The molecule has 2 amide bonds. The van der Waals surface area contributed by atoms with Crippen molar-refractivity contribution in [3.05, 3.63) is 21.9 Å². The first-order chi connectivity index (χ1) is 8.52. The molecule has 0 bridgehead atoms. The zero-order valence-electron chi connectivity index (χ0n) is 10.5. The number of aryl methyl sites for hydroxylation is 1. The lowest BCUT2D eigenvalue weighted by Gasteiger charge is -2.09. The van der Waals surface area contributed by atoms with E-state index in [9.17, 15) is 9.59 Å². The molecule has 0 aromatic carbocycles. The number of amides is 2. The zero-order valence-corrected chi connectivity index (χ0v) is 11.3. The van der Waals surface area contributed by atoms with E-state index in [1.807, 2.05) is 12.1 Å². The van der Waals surface area contributed by atoms with Gasteiger partial charge >= 0.3 is 12.0 Å². The second-order valence-electron chi connectivity index (χ2n) is 4.02. The fraction of sp³-hybridized carbons (Fsp3) is 0.500. The van der Waals surface area contributed by atoms with Crippen molar-refractivity contribution < 1.29 is 14.7 Å². The number of hydrogen-bond acceptors (Lipinski definition) is 3. The quantitative estimate of drug-likeness (QED) is 0.738. The second kappa shape index (κ2) is 7.00. The van der Waals surface area contributed by atoms with Crippen LogP contribution in [0.2, 0.25) is 0 Å². The predicted octanol–water partition coefficient (Wildman–Crippen LogP) is 1.83. The Morgan fingerprint density at radius 2 is 2.00 bits per heavy atom. The Balaban J connectivity index is 2.26. The first-order valence-corrected chi connectivity index (χ1v) is 6.66. The maximum Gasteiger partial charge on any atom is 0.315 e. The Labute approximate surface area is 110 Å². The Kier molecular flexibility index (Phi) is 5.64. The van der Waals surface area contributed by atoms with Gasteiger partial charge in [-0.05, 0) is 18.6 Å². The number of thiophene rings is 1. The normalized spacial score (nSPS) is 11.9. The number of carbonyl (C=O) groups is 2. The van der Waals surface area contributed by atoms with Crippen LogP contribution in [0.15, 0.2) is 12.1 Å². The molecule has 1 rings (SSSR count).